The lowest BCUT2D eigenvalue weighted by atomic mass is 10.1. The summed E-state index contributed by atoms with van der Waals surface area (Å²) < 4.78 is 0. The van der Waals surface area contributed by atoms with E-state index in [1.807, 2.05) is 0 Å². The molecule has 0 aliphatic heterocycles. The van der Waals surface area contributed by atoms with Crippen molar-refractivity contribution in [3.63, 3.8) is 0 Å². The fraction of sp³-hybridized carbons (Fsp3) is 0.833. The second kappa shape index (κ2) is 10.4. The SMILES string of the molecule is [CH2]CCCCCCCCCC([CH2])Cl. The Morgan fingerprint density at radius 3 is 1.77 bits per heavy atom. The summed E-state index contributed by atoms with van der Waals surface area (Å²) >= 11 is 5.74. The normalized spacial score (nSPS) is 13.2. The van der Waals surface area contributed by atoms with E-state index in [1.54, 1.807) is 0 Å². The van der Waals surface area contributed by atoms with E-state index in [1.165, 1.54) is 44.9 Å². The third kappa shape index (κ3) is 12.3. The van der Waals surface area contributed by atoms with Gasteiger partial charge in [0.15, 0.2) is 0 Å². The van der Waals surface area contributed by atoms with Crippen molar-refractivity contribution in [3.05, 3.63) is 13.8 Å². The number of unbranched alkanes of at least 4 members (excludes halogenated alkanes) is 7. The standard InChI is InChI=1S/C12H23Cl/c1-3-4-5-6-7-8-9-10-11-12(2)13/h12H,1-11H2. The zero-order chi connectivity index (χ0) is 9.94. The number of hydrogen-bond donors (Lipinski definition) is 0. The van der Waals surface area contributed by atoms with Crippen molar-refractivity contribution in [1.82, 2.24) is 0 Å². The molecule has 0 rings (SSSR count). The molecule has 0 aromatic rings. The van der Waals surface area contributed by atoms with E-state index < -0.39 is 0 Å². The quantitative estimate of drug-likeness (QED) is 0.373. The summed E-state index contributed by atoms with van der Waals surface area (Å²) in [6, 6.07) is 0. The average molecular weight is 203 g/mol. The van der Waals surface area contributed by atoms with E-state index in [0.717, 1.165) is 12.8 Å². The maximum absolute atomic E-state index is 5.74. The van der Waals surface area contributed by atoms with Gasteiger partial charge in [0.2, 0.25) is 0 Å². The molecule has 1 heteroatoms. The summed E-state index contributed by atoms with van der Waals surface area (Å²) in [6.45, 7) is 7.59. The van der Waals surface area contributed by atoms with Gasteiger partial charge in [-0.25, -0.2) is 0 Å². The molecule has 0 aromatic heterocycles. The van der Waals surface area contributed by atoms with Crippen molar-refractivity contribution >= 4 is 11.6 Å². The van der Waals surface area contributed by atoms with Gasteiger partial charge in [-0.2, -0.15) is 0 Å². The predicted molar refractivity (Wildman–Crippen MR) is 61.9 cm³/mol. The summed E-state index contributed by atoms with van der Waals surface area (Å²) in [5.74, 6) is 0. The van der Waals surface area contributed by atoms with Crippen molar-refractivity contribution in [3.8, 4) is 0 Å². The van der Waals surface area contributed by atoms with Crippen LogP contribution in [0.5, 0.6) is 0 Å². The lowest BCUT2D eigenvalue weighted by molar-refractivity contribution is 0.571. The van der Waals surface area contributed by atoms with Gasteiger partial charge in [0, 0.05) is 5.38 Å². The molecule has 13 heavy (non-hydrogen) atoms. The number of hydrogen-bond acceptors (Lipinski definition) is 0. The zero-order valence-corrected chi connectivity index (χ0v) is 9.49. The molecule has 0 aliphatic carbocycles. The Balaban J connectivity index is 2.84. The molecule has 78 valence electrons. The molecule has 0 saturated carbocycles. The second-order valence-electron chi connectivity index (χ2n) is 3.71. The molecule has 0 saturated heterocycles. The Hall–Kier alpha value is 0.290. The Bertz CT molecular complexity index is 89.1. The lowest BCUT2D eigenvalue weighted by Crippen LogP contribution is -1.90. The summed E-state index contributed by atoms with van der Waals surface area (Å²) in [7, 11) is 0. The molecule has 0 aliphatic rings. The molecule has 1 atom stereocenters. The molecule has 0 N–H and O–H groups in total. The van der Waals surface area contributed by atoms with Crippen LogP contribution < -0.4 is 0 Å². The van der Waals surface area contributed by atoms with Crippen molar-refractivity contribution < 1.29 is 0 Å². The van der Waals surface area contributed by atoms with E-state index >= 15 is 0 Å². The van der Waals surface area contributed by atoms with Gasteiger partial charge in [-0.1, -0.05) is 58.3 Å². The van der Waals surface area contributed by atoms with E-state index in [2.05, 4.69) is 13.8 Å². The third-order valence-electron chi connectivity index (χ3n) is 2.27. The van der Waals surface area contributed by atoms with E-state index in [-0.39, 0.29) is 5.38 Å². The van der Waals surface area contributed by atoms with Crippen LogP contribution in [0.15, 0.2) is 0 Å². The summed E-state index contributed by atoms with van der Waals surface area (Å²) in [5, 5.41) is 0.117. The molecule has 0 fully saturated rings. The Kier molecular flexibility index (Phi) is 10.6. The summed E-state index contributed by atoms with van der Waals surface area (Å²) in [4.78, 5) is 0. The molecule has 0 nitrogen and oxygen atoms in total. The van der Waals surface area contributed by atoms with Gasteiger partial charge in [-0.05, 0) is 13.3 Å². The molecule has 0 heterocycles. The van der Waals surface area contributed by atoms with Crippen LogP contribution in [0, 0.1) is 13.8 Å². The highest BCUT2D eigenvalue weighted by molar-refractivity contribution is 6.21. The molecular formula is C12H23Cl. The Labute approximate surface area is 89.1 Å². The van der Waals surface area contributed by atoms with Crippen molar-refractivity contribution in [2.75, 3.05) is 0 Å². The maximum atomic E-state index is 5.74. The van der Waals surface area contributed by atoms with E-state index in [0.29, 0.717) is 0 Å². The molecule has 0 bridgehead atoms. The van der Waals surface area contributed by atoms with Crippen LogP contribution in [0.2, 0.25) is 0 Å². The maximum Gasteiger partial charge on any atom is 0.0336 e. The van der Waals surface area contributed by atoms with Gasteiger partial charge in [0.05, 0.1) is 0 Å². The van der Waals surface area contributed by atoms with Crippen molar-refractivity contribution in [2.45, 2.75) is 63.2 Å². The number of alkyl halides is 1. The average Bonchev–Trinajstić information content (AvgIpc) is 2.09. The van der Waals surface area contributed by atoms with Crippen LogP contribution in [-0.2, 0) is 0 Å². The molecule has 0 spiro atoms. The number of rotatable bonds is 9. The molecule has 0 aromatic carbocycles. The van der Waals surface area contributed by atoms with Crippen LogP contribution in [0.1, 0.15) is 57.8 Å². The highest BCUT2D eigenvalue weighted by Gasteiger charge is 1.95. The monoisotopic (exact) mass is 202 g/mol. The fourth-order valence-corrected chi connectivity index (χ4v) is 1.58. The minimum atomic E-state index is 0.117. The van der Waals surface area contributed by atoms with E-state index in [4.69, 9.17) is 11.6 Å². The minimum Gasteiger partial charge on any atom is -0.123 e. The third-order valence-corrected chi connectivity index (χ3v) is 2.49. The zero-order valence-electron chi connectivity index (χ0n) is 8.73. The second-order valence-corrected chi connectivity index (χ2v) is 4.33. The number of halogens is 1. The first-order chi connectivity index (χ1) is 6.27. The van der Waals surface area contributed by atoms with Gasteiger partial charge in [-0.15, -0.1) is 11.6 Å². The topological polar surface area (TPSA) is 0 Å². The van der Waals surface area contributed by atoms with Gasteiger partial charge < -0.3 is 0 Å². The van der Waals surface area contributed by atoms with Crippen molar-refractivity contribution in [2.24, 2.45) is 0 Å². The molecule has 1 unspecified atom stereocenters. The van der Waals surface area contributed by atoms with Gasteiger partial charge >= 0.3 is 0 Å². The van der Waals surface area contributed by atoms with Crippen LogP contribution in [0.4, 0.5) is 0 Å². The lowest BCUT2D eigenvalue weighted by Gasteiger charge is -2.02. The van der Waals surface area contributed by atoms with Crippen LogP contribution in [0.25, 0.3) is 0 Å². The molecule has 2 radical (unpaired) electrons. The summed E-state index contributed by atoms with van der Waals surface area (Å²) in [6.07, 6.45) is 11.5. The first-order valence-electron chi connectivity index (χ1n) is 5.53. The van der Waals surface area contributed by atoms with Crippen LogP contribution in [0.3, 0.4) is 0 Å². The van der Waals surface area contributed by atoms with Crippen molar-refractivity contribution in [1.29, 1.82) is 0 Å². The Morgan fingerprint density at radius 1 is 0.846 bits per heavy atom. The van der Waals surface area contributed by atoms with Gasteiger partial charge in [-0.3, -0.25) is 0 Å². The minimum absolute atomic E-state index is 0.117. The first-order valence-corrected chi connectivity index (χ1v) is 5.97. The Morgan fingerprint density at radius 2 is 1.31 bits per heavy atom. The van der Waals surface area contributed by atoms with Crippen LogP contribution in [-0.4, -0.2) is 5.38 Å². The fourth-order valence-electron chi connectivity index (χ4n) is 1.43. The van der Waals surface area contributed by atoms with Gasteiger partial charge in [0.25, 0.3) is 0 Å². The van der Waals surface area contributed by atoms with E-state index in [9.17, 15) is 0 Å². The van der Waals surface area contributed by atoms with Crippen LogP contribution >= 0.6 is 11.6 Å². The largest absolute Gasteiger partial charge is 0.123 e. The highest BCUT2D eigenvalue weighted by Crippen LogP contribution is 2.11. The summed E-state index contributed by atoms with van der Waals surface area (Å²) in [5.41, 5.74) is 0. The smallest absolute Gasteiger partial charge is 0.0336 e. The van der Waals surface area contributed by atoms with Gasteiger partial charge in [0.1, 0.15) is 0 Å². The first kappa shape index (κ1) is 13.3. The molecular weight excluding hydrogens is 180 g/mol. The molecule has 0 amide bonds. The predicted octanol–water partition coefficient (Wildman–Crippen LogP) is 4.77. The highest BCUT2D eigenvalue weighted by atomic mass is 35.5.